The normalized spacial score (nSPS) is 20.5. The summed E-state index contributed by atoms with van der Waals surface area (Å²) in [5.74, 6) is 3.60. The SMILES string of the molecule is CC(C)[C@@H](CO)Nc1cc(N2Cc3ccccc3C[C@H]2C)nc(C2CC2)n1. The number of aromatic nitrogens is 2. The van der Waals surface area contributed by atoms with Crippen LogP contribution < -0.4 is 10.2 Å². The van der Waals surface area contributed by atoms with E-state index in [1.165, 1.54) is 24.0 Å². The Bertz CT molecular complexity index is 803. The van der Waals surface area contributed by atoms with Crippen molar-refractivity contribution >= 4 is 11.6 Å². The van der Waals surface area contributed by atoms with E-state index >= 15 is 0 Å². The predicted molar refractivity (Wildman–Crippen MR) is 109 cm³/mol. The van der Waals surface area contributed by atoms with Gasteiger partial charge in [0.05, 0.1) is 12.6 Å². The van der Waals surface area contributed by atoms with Crippen LogP contribution in [0.4, 0.5) is 11.6 Å². The summed E-state index contributed by atoms with van der Waals surface area (Å²) in [6, 6.07) is 11.1. The molecule has 2 aromatic rings. The van der Waals surface area contributed by atoms with Crippen LogP contribution in [0.5, 0.6) is 0 Å². The Morgan fingerprint density at radius 1 is 1.19 bits per heavy atom. The highest BCUT2D eigenvalue weighted by molar-refractivity contribution is 5.53. The van der Waals surface area contributed by atoms with Gasteiger partial charge in [-0.2, -0.15) is 0 Å². The summed E-state index contributed by atoms with van der Waals surface area (Å²) in [4.78, 5) is 12.1. The second-order valence-electron chi connectivity index (χ2n) is 8.37. The van der Waals surface area contributed by atoms with Gasteiger partial charge in [-0.3, -0.25) is 0 Å². The van der Waals surface area contributed by atoms with Gasteiger partial charge in [-0.15, -0.1) is 0 Å². The Hall–Kier alpha value is -2.14. The van der Waals surface area contributed by atoms with Crippen molar-refractivity contribution in [1.29, 1.82) is 0 Å². The summed E-state index contributed by atoms with van der Waals surface area (Å²) >= 11 is 0. The number of aliphatic hydroxyl groups excluding tert-OH is 1. The molecule has 0 unspecified atom stereocenters. The lowest BCUT2D eigenvalue weighted by molar-refractivity contribution is 0.249. The molecule has 1 aliphatic carbocycles. The second-order valence-corrected chi connectivity index (χ2v) is 8.37. The summed E-state index contributed by atoms with van der Waals surface area (Å²) in [5, 5.41) is 13.1. The lowest BCUT2D eigenvalue weighted by Gasteiger charge is -2.36. The number of fused-ring (bicyclic) bond motifs is 1. The number of rotatable bonds is 6. The quantitative estimate of drug-likeness (QED) is 0.816. The van der Waals surface area contributed by atoms with Gasteiger partial charge < -0.3 is 15.3 Å². The van der Waals surface area contributed by atoms with Crippen molar-refractivity contribution in [1.82, 2.24) is 9.97 Å². The van der Waals surface area contributed by atoms with E-state index in [1.54, 1.807) is 0 Å². The van der Waals surface area contributed by atoms with Crippen molar-refractivity contribution in [3.63, 3.8) is 0 Å². The maximum Gasteiger partial charge on any atom is 0.136 e. The molecule has 1 aromatic carbocycles. The second kappa shape index (κ2) is 7.47. The van der Waals surface area contributed by atoms with Crippen molar-refractivity contribution in [2.75, 3.05) is 16.8 Å². The standard InChI is InChI=1S/C22H30N4O/c1-14(2)19(13-27)23-20-11-21(25-22(24-20)16-8-9-16)26-12-18-7-5-4-6-17(18)10-15(26)3/h4-7,11,14-16,19,27H,8-10,12-13H2,1-3H3,(H,23,24,25)/t15-,19-/m1/s1. The minimum Gasteiger partial charge on any atom is -0.394 e. The number of hydrogen-bond donors (Lipinski definition) is 2. The predicted octanol–water partition coefficient (Wildman–Crippen LogP) is 3.73. The first kappa shape index (κ1) is 18.2. The largest absolute Gasteiger partial charge is 0.394 e. The zero-order chi connectivity index (χ0) is 19.0. The van der Waals surface area contributed by atoms with E-state index in [2.05, 4.69) is 61.3 Å². The minimum atomic E-state index is -0.000640. The summed E-state index contributed by atoms with van der Waals surface area (Å²) in [6.07, 6.45) is 3.39. The van der Waals surface area contributed by atoms with Gasteiger partial charge in [-0.05, 0) is 43.2 Å². The number of aliphatic hydroxyl groups is 1. The molecular formula is C22H30N4O. The third-order valence-electron chi connectivity index (χ3n) is 5.81. The van der Waals surface area contributed by atoms with Crippen molar-refractivity contribution < 1.29 is 5.11 Å². The van der Waals surface area contributed by atoms with Gasteiger partial charge in [-0.25, -0.2) is 9.97 Å². The highest BCUT2D eigenvalue weighted by atomic mass is 16.3. The topological polar surface area (TPSA) is 61.3 Å². The first-order chi connectivity index (χ1) is 13.0. The molecule has 1 aromatic heterocycles. The summed E-state index contributed by atoms with van der Waals surface area (Å²) in [5.41, 5.74) is 2.82. The summed E-state index contributed by atoms with van der Waals surface area (Å²) in [6.45, 7) is 7.48. The molecule has 27 heavy (non-hydrogen) atoms. The van der Waals surface area contributed by atoms with Crippen LogP contribution in [0.1, 0.15) is 56.5 Å². The summed E-state index contributed by atoms with van der Waals surface area (Å²) < 4.78 is 0. The molecule has 0 amide bonds. The maximum atomic E-state index is 9.70. The van der Waals surface area contributed by atoms with E-state index in [-0.39, 0.29) is 12.6 Å². The van der Waals surface area contributed by atoms with Crippen molar-refractivity contribution in [3.05, 3.63) is 47.3 Å². The lowest BCUT2D eigenvalue weighted by Crippen LogP contribution is -2.39. The van der Waals surface area contributed by atoms with Crippen LogP contribution >= 0.6 is 0 Å². The molecule has 2 atom stereocenters. The van der Waals surface area contributed by atoms with Gasteiger partial charge in [0.15, 0.2) is 0 Å². The molecule has 0 bridgehead atoms. The third kappa shape index (κ3) is 3.93. The van der Waals surface area contributed by atoms with Crippen LogP contribution in [0.25, 0.3) is 0 Å². The van der Waals surface area contributed by atoms with Crippen LogP contribution in [0.15, 0.2) is 30.3 Å². The van der Waals surface area contributed by atoms with Gasteiger partial charge in [-0.1, -0.05) is 38.1 Å². The Morgan fingerprint density at radius 2 is 1.93 bits per heavy atom. The molecule has 2 N–H and O–H groups in total. The first-order valence-corrected chi connectivity index (χ1v) is 10.1. The van der Waals surface area contributed by atoms with Crippen LogP contribution in [0, 0.1) is 5.92 Å². The molecule has 1 saturated carbocycles. The van der Waals surface area contributed by atoms with Crippen molar-refractivity contribution in [2.45, 2.75) is 64.6 Å². The minimum absolute atomic E-state index is 0.000640. The van der Waals surface area contributed by atoms with E-state index in [9.17, 15) is 5.11 Å². The fourth-order valence-corrected chi connectivity index (χ4v) is 3.80. The molecule has 1 fully saturated rings. The molecule has 2 aliphatic rings. The van der Waals surface area contributed by atoms with Gasteiger partial charge in [0.1, 0.15) is 17.5 Å². The molecule has 144 valence electrons. The fourth-order valence-electron chi connectivity index (χ4n) is 3.80. The van der Waals surface area contributed by atoms with Crippen molar-refractivity contribution in [3.8, 4) is 0 Å². The first-order valence-electron chi connectivity index (χ1n) is 10.1. The van der Waals surface area contributed by atoms with E-state index < -0.39 is 0 Å². The van der Waals surface area contributed by atoms with E-state index in [1.807, 2.05) is 0 Å². The van der Waals surface area contributed by atoms with E-state index in [4.69, 9.17) is 9.97 Å². The molecule has 0 saturated heterocycles. The van der Waals surface area contributed by atoms with Gasteiger partial charge in [0.2, 0.25) is 0 Å². The molecule has 5 nitrogen and oxygen atoms in total. The maximum absolute atomic E-state index is 9.70. The molecule has 0 spiro atoms. The number of nitrogens with one attached hydrogen (secondary N) is 1. The smallest absolute Gasteiger partial charge is 0.136 e. The van der Waals surface area contributed by atoms with Gasteiger partial charge in [0.25, 0.3) is 0 Å². The van der Waals surface area contributed by atoms with E-state index in [0.29, 0.717) is 17.9 Å². The molecule has 0 radical (unpaired) electrons. The monoisotopic (exact) mass is 366 g/mol. The van der Waals surface area contributed by atoms with Crippen LogP contribution in [0.2, 0.25) is 0 Å². The number of hydrogen-bond acceptors (Lipinski definition) is 5. The average molecular weight is 367 g/mol. The van der Waals surface area contributed by atoms with Crippen LogP contribution in [-0.2, 0) is 13.0 Å². The summed E-state index contributed by atoms with van der Waals surface area (Å²) in [7, 11) is 0. The molecule has 4 rings (SSSR count). The van der Waals surface area contributed by atoms with Crippen LogP contribution in [0.3, 0.4) is 0 Å². The lowest BCUT2D eigenvalue weighted by atomic mass is 9.95. The zero-order valence-corrected chi connectivity index (χ0v) is 16.5. The van der Waals surface area contributed by atoms with Gasteiger partial charge in [0, 0.05) is 24.6 Å². The molecular weight excluding hydrogens is 336 g/mol. The average Bonchev–Trinajstić information content (AvgIpc) is 3.50. The number of nitrogens with zero attached hydrogens (tertiary/aromatic N) is 3. The zero-order valence-electron chi connectivity index (χ0n) is 16.5. The van der Waals surface area contributed by atoms with E-state index in [0.717, 1.165) is 30.4 Å². The molecule has 5 heteroatoms. The Labute approximate surface area is 161 Å². The van der Waals surface area contributed by atoms with Gasteiger partial charge >= 0.3 is 0 Å². The highest BCUT2D eigenvalue weighted by Crippen LogP contribution is 2.40. The Morgan fingerprint density at radius 3 is 2.59 bits per heavy atom. The number of benzene rings is 1. The Balaban J connectivity index is 1.65. The third-order valence-corrected chi connectivity index (χ3v) is 5.81. The molecule has 2 heterocycles. The Kier molecular flexibility index (Phi) is 5.04. The number of anilines is 2. The fraction of sp³-hybridized carbons (Fsp3) is 0.545. The van der Waals surface area contributed by atoms with Crippen LogP contribution in [-0.4, -0.2) is 33.8 Å². The molecule has 1 aliphatic heterocycles. The highest BCUT2D eigenvalue weighted by Gasteiger charge is 2.30. The van der Waals surface area contributed by atoms with Crippen molar-refractivity contribution in [2.24, 2.45) is 5.92 Å².